The molecule has 2 heterocycles. The summed E-state index contributed by atoms with van der Waals surface area (Å²) in [4.78, 5) is 23.3. The van der Waals surface area contributed by atoms with Gasteiger partial charge in [-0.15, -0.1) is 0 Å². The molecule has 2 aliphatic rings. The number of ether oxygens (including phenoxy) is 1. The quantitative estimate of drug-likeness (QED) is 0.595. The minimum atomic E-state index is -0.613. The van der Waals surface area contributed by atoms with Crippen LogP contribution in [0.2, 0.25) is 0 Å². The minimum absolute atomic E-state index is 0.0308. The summed E-state index contributed by atoms with van der Waals surface area (Å²) >= 11 is 0. The fraction of sp³-hybridized carbons (Fsp3) is 0.320. The summed E-state index contributed by atoms with van der Waals surface area (Å²) in [7, 11) is 1.60. The highest BCUT2D eigenvalue weighted by Crippen LogP contribution is 2.45. The van der Waals surface area contributed by atoms with E-state index in [2.05, 4.69) is 4.85 Å². The van der Waals surface area contributed by atoms with Crippen molar-refractivity contribution in [3.8, 4) is 22.8 Å². The molecule has 2 aromatic carbocycles. The van der Waals surface area contributed by atoms with Crippen LogP contribution in [-0.4, -0.2) is 46.6 Å². The molecule has 33 heavy (non-hydrogen) atoms. The zero-order valence-electron chi connectivity index (χ0n) is 18.3. The van der Waals surface area contributed by atoms with E-state index in [-0.39, 0.29) is 23.6 Å². The van der Waals surface area contributed by atoms with Crippen LogP contribution in [0.3, 0.4) is 0 Å². The maximum absolute atomic E-state index is 14.5. The van der Waals surface area contributed by atoms with Crippen LogP contribution in [-0.2, 0) is 0 Å². The lowest BCUT2D eigenvalue weighted by molar-refractivity contribution is 0.0784. The first kappa shape index (κ1) is 21.2. The van der Waals surface area contributed by atoms with Crippen LogP contribution in [0.1, 0.15) is 41.4 Å². The Morgan fingerprint density at radius 3 is 2.55 bits per heavy atom. The number of methoxy groups -OCH3 is 1. The summed E-state index contributed by atoms with van der Waals surface area (Å²) in [6.45, 7) is 8.24. The van der Waals surface area contributed by atoms with Crippen LogP contribution in [0.15, 0.2) is 42.5 Å². The number of halogens is 1. The van der Waals surface area contributed by atoms with Crippen molar-refractivity contribution in [3.05, 3.63) is 71.1 Å². The van der Waals surface area contributed by atoms with Crippen LogP contribution in [0.4, 0.5) is 10.1 Å². The number of amides is 1. The van der Waals surface area contributed by atoms with Gasteiger partial charge >= 0.3 is 0 Å². The molecule has 0 unspecified atom stereocenters. The molecule has 1 aliphatic heterocycles. The molecule has 1 aromatic heterocycles. The molecule has 168 valence electrons. The minimum Gasteiger partial charge on any atom is -0.497 e. The van der Waals surface area contributed by atoms with Crippen molar-refractivity contribution >= 4 is 11.6 Å². The first-order chi connectivity index (χ1) is 16.0. The summed E-state index contributed by atoms with van der Waals surface area (Å²) < 4.78 is 21.8. The number of nitrogens with two attached hydrogens (primary N) is 1. The number of carbonyl (C=O) groups is 1. The predicted molar refractivity (Wildman–Crippen MR) is 122 cm³/mol. The van der Waals surface area contributed by atoms with E-state index in [4.69, 9.17) is 22.0 Å². The van der Waals surface area contributed by atoms with E-state index in [0.29, 0.717) is 35.9 Å². The van der Waals surface area contributed by atoms with Gasteiger partial charge < -0.3 is 15.4 Å². The van der Waals surface area contributed by atoms with E-state index in [1.165, 1.54) is 12.1 Å². The number of hydrogen-bond acceptors (Lipinski definition) is 4. The average molecular weight is 445 g/mol. The van der Waals surface area contributed by atoms with Crippen molar-refractivity contribution < 1.29 is 13.9 Å². The Labute approximate surface area is 191 Å². The first-order valence-electron chi connectivity index (χ1n) is 11.0. The van der Waals surface area contributed by atoms with Gasteiger partial charge in [-0.05, 0) is 49.6 Å². The first-order valence-corrected chi connectivity index (χ1v) is 11.0. The zero-order valence-corrected chi connectivity index (χ0v) is 18.3. The summed E-state index contributed by atoms with van der Waals surface area (Å²) in [6, 6.07) is 11.9. The Morgan fingerprint density at radius 2 is 1.97 bits per heavy atom. The molecule has 1 amide bonds. The van der Waals surface area contributed by atoms with E-state index >= 15 is 0 Å². The Kier molecular flexibility index (Phi) is 5.35. The Morgan fingerprint density at radius 1 is 1.21 bits per heavy atom. The number of rotatable bonds is 5. The highest BCUT2D eigenvalue weighted by atomic mass is 19.1. The second-order valence-corrected chi connectivity index (χ2v) is 8.55. The van der Waals surface area contributed by atoms with Gasteiger partial charge in [0.2, 0.25) is 5.69 Å². The molecule has 0 spiro atoms. The lowest BCUT2D eigenvalue weighted by Crippen LogP contribution is -2.32. The number of carbonyl (C=O) groups excluding carboxylic acids is 1. The molecule has 1 atom stereocenters. The second kappa shape index (κ2) is 8.34. The molecular weight excluding hydrogens is 421 g/mol. The Hall–Kier alpha value is -3.70. The number of likely N-dealkylation sites (tertiary alicyclic amines) is 1. The van der Waals surface area contributed by atoms with E-state index < -0.39 is 5.82 Å². The largest absolute Gasteiger partial charge is 0.497 e. The van der Waals surface area contributed by atoms with Gasteiger partial charge in [-0.3, -0.25) is 9.36 Å². The summed E-state index contributed by atoms with van der Waals surface area (Å²) in [6.07, 6.45) is 2.69. The summed E-state index contributed by atoms with van der Waals surface area (Å²) in [5, 5.41) is 0. The molecular formula is C25H24FN5O2. The van der Waals surface area contributed by atoms with Crippen molar-refractivity contribution in [2.45, 2.75) is 31.2 Å². The molecule has 5 rings (SSSR count). The highest BCUT2D eigenvalue weighted by Gasteiger charge is 2.37. The standard InChI is InChI=1S/C25H24FN5O2/c1-28-21-10-5-16(13-20(21)26)24-29-22(25(32)30-12-11-17(27)14-30)23(15-3-4-15)31(24)18-6-8-19(33-2)9-7-18/h5-10,13,15,17H,3-4,11-12,14,27H2,2H3/t17-/m0/s1. The SMILES string of the molecule is [C-]#[N+]c1ccc(-c2nc(C(=O)N3CC[C@H](N)C3)c(C3CC3)n2-c2ccc(OC)cc2)cc1F. The summed E-state index contributed by atoms with van der Waals surface area (Å²) in [5.74, 6) is 0.637. The molecule has 2 N–H and O–H groups in total. The van der Waals surface area contributed by atoms with Gasteiger partial charge in [0.05, 0.1) is 19.4 Å². The third-order valence-electron chi connectivity index (χ3n) is 6.25. The van der Waals surface area contributed by atoms with Crippen LogP contribution >= 0.6 is 0 Å². The van der Waals surface area contributed by atoms with E-state index in [1.807, 2.05) is 28.8 Å². The van der Waals surface area contributed by atoms with Gasteiger partial charge in [0.1, 0.15) is 17.4 Å². The number of nitrogens with zero attached hydrogens (tertiary/aromatic N) is 4. The average Bonchev–Trinajstić information content (AvgIpc) is 3.45. The van der Waals surface area contributed by atoms with Gasteiger partial charge in [-0.2, -0.15) is 0 Å². The normalized spacial score (nSPS) is 17.8. The Bertz CT molecular complexity index is 1260. The highest BCUT2D eigenvalue weighted by molar-refractivity contribution is 5.95. The molecule has 7 nitrogen and oxygen atoms in total. The number of hydrogen-bond donors (Lipinski definition) is 1. The number of aromatic nitrogens is 2. The van der Waals surface area contributed by atoms with Crippen molar-refractivity contribution in [3.63, 3.8) is 0 Å². The van der Waals surface area contributed by atoms with Gasteiger partial charge in [-0.1, -0.05) is 12.1 Å². The van der Waals surface area contributed by atoms with Crippen LogP contribution in [0.25, 0.3) is 21.9 Å². The monoisotopic (exact) mass is 445 g/mol. The van der Waals surface area contributed by atoms with E-state index in [0.717, 1.165) is 30.6 Å². The summed E-state index contributed by atoms with van der Waals surface area (Å²) in [5.41, 5.74) is 8.55. The van der Waals surface area contributed by atoms with Gasteiger partial charge in [0.15, 0.2) is 5.69 Å². The molecule has 1 aliphatic carbocycles. The topological polar surface area (TPSA) is 77.7 Å². The van der Waals surface area contributed by atoms with Crippen molar-refractivity contribution in [2.75, 3.05) is 20.2 Å². The van der Waals surface area contributed by atoms with Crippen molar-refractivity contribution in [1.82, 2.24) is 14.5 Å². The molecule has 3 aromatic rings. The lowest BCUT2D eigenvalue weighted by Gasteiger charge is -2.16. The van der Waals surface area contributed by atoms with E-state index in [1.54, 1.807) is 18.1 Å². The van der Waals surface area contributed by atoms with Gasteiger partial charge in [-0.25, -0.2) is 14.2 Å². The molecule has 1 saturated heterocycles. The van der Waals surface area contributed by atoms with Crippen molar-refractivity contribution in [1.29, 1.82) is 0 Å². The fourth-order valence-electron chi connectivity index (χ4n) is 4.37. The molecule has 8 heteroatoms. The van der Waals surface area contributed by atoms with Gasteiger partial charge in [0, 0.05) is 36.3 Å². The number of benzene rings is 2. The maximum Gasteiger partial charge on any atom is 0.274 e. The van der Waals surface area contributed by atoms with Crippen LogP contribution in [0, 0.1) is 12.4 Å². The van der Waals surface area contributed by atoms with Crippen LogP contribution < -0.4 is 10.5 Å². The molecule has 1 saturated carbocycles. The van der Waals surface area contributed by atoms with Gasteiger partial charge in [0.25, 0.3) is 5.91 Å². The Balaban J connectivity index is 1.70. The van der Waals surface area contributed by atoms with E-state index in [9.17, 15) is 9.18 Å². The number of imidazole rings is 1. The van der Waals surface area contributed by atoms with Crippen LogP contribution in [0.5, 0.6) is 5.75 Å². The second-order valence-electron chi connectivity index (χ2n) is 8.55. The third-order valence-corrected chi connectivity index (χ3v) is 6.25. The maximum atomic E-state index is 14.5. The third kappa shape index (κ3) is 3.85. The predicted octanol–water partition coefficient (Wildman–Crippen LogP) is 4.29. The van der Waals surface area contributed by atoms with Crippen molar-refractivity contribution in [2.24, 2.45) is 5.73 Å². The molecule has 0 radical (unpaired) electrons. The lowest BCUT2D eigenvalue weighted by atomic mass is 10.1. The fourth-order valence-corrected chi connectivity index (χ4v) is 4.37. The molecule has 0 bridgehead atoms. The zero-order chi connectivity index (χ0) is 23.1. The smallest absolute Gasteiger partial charge is 0.274 e. The molecule has 2 fully saturated rings.